The molecule has 1 aliphatic rings. The molecule has 1 unspecified atom stereocenters. The van der Waals surface area contributed by atoms with E-state index in [1.54, 1.807) is 11.3 Å². The van der Waals surface area contributed by atoms with Crippen molar-refractivity contribution in [2.45, 2.75) is 50.9 Å². The predicted octanol–water partition coefficient (Wildman–Crippen LogP) is 3.70. The molecule has 0 aliphatic heterocycles. The quantitative estimate of drug-likeness (QED) is 0.835. The number of hydrogen-bond acceptors (Lipinski definition) is 2. The Labute approximate surface area is 111 Å². The number of nitrogens with one attached hydrogen (secondary N) is 1. The molecule has 1 fully saturated rings. The summed E-state index contributed by atoms with van der Waals surface area (Å²) in [5, 5.41) is 2.51. The molecule has 2 nitrogen and oxygen atoms in total. The molecule has 1 N–H and O–H groups in total. The first-order valence-corrected chi connectivity index (χ1v) is 7.34. The van der Waals surface area contributed by atoms with E-state index in [1.165, 1.54) is 17.7 Å². The van der Waals surface area contributed by atoms with Gasteiger partial charge < -0.3 is 5.32 Å². The monoisotopic (exact) mass is 271 g/mol. The van der Waals surface area contributed by atoms with E-state index in [1.807, 2.05) is 19.9 Å². The zero-order chi connectivity index (χ0) is 12.4. The van der Waals surface area contributed by atoms with Crippen molar-refractivity contribution in [2.24, 2.45) is 0 Å². The molecule has 2 rings (SSSR count). The van der Waals surface area contributed by atoms with Crippen LogP contribution in [0.5, 0.6) is 0 Å². The van der Waals surface area contributed by atoms with Gasteiger partial charge in [-0.15, -0.1) is 22.9 Å². The van der Waals surface area contributed by atoms with Crippen LogP contribution in [0.1, 0.15) is 46.4 Å². The first-order chi connectivity index (χ1) is 8.08. The summed E-state index contributed by atoms with van der Waals surface area (Å²) in [4.78, 5) is 14.4. The Morgan fingerprint density at radius 1 is 1.47 bits per heavy atom. The summed E-state index contributed by atoms with van der Waals surface area (Å²) in [5.74, 6) is -0.0422. The molecule has 1 saturated carbocycles. The van der Waals surface area contributed by atoms with Crippen molar-refractivity contribution >= 4 is 28.8 Å². The fourth-order valence-electron chi connectivity index (χ4n) is 2.39. The standard InChI is InChI=1S/C13H18ClNOS/c1-8-7-11(9(2)17-8)12(14)13(16)15-10-5-3-4-6-10/h7,10,12H,3-6H2,1-2H3,(H,15,16). The van der Waals surface area contributed by atoms with Crippen LogP contribution in [0.3, 0.4) is 0 Å². The lowest BCUT2D eigenvalue weighted by Gasteiger charge is -2.15. The van der Waals surface area contributed by atoms with Crippen LogP contribution in [-0.4, -0.2) is 11.9 Å². The second-order valence-electron chi connectivity index (χ2n) is 4.72. The highest BCUT2D eigenvalue weighted by molar-refractivity contribution is 7.12. The minimum absolute atomic E-state index is 0.0422. The Morgan fingerprint density at radius 2 is 2.12 bits per heavy atom. The molecule has 0 spiro atoms. The van der Waals surface area contributed by atoms with Crippen molar-refractivity contribution in [3.63, 3.8) is 0 Å². The Hall–Kier alpha value is -0.540. The molecule has 1 heterocycles. The smallest absolute Gasteiger partial charge is 0.242 e. The molecule has 1 aromatic heterocycles. The lowest BCUT2D eigenvalue weighted by molar-refractivity contribution is -0.121. The van der Waals surface area contributed by atoms with Gasteiger partial charge in [0.15, 0.2) is 0 Å². The number of rotatable bonds is 3. The van der Waals surface area contributed by atoms with E-state index in [2.05, 4.69) is 5.32 Å². The minimum Gasteiger partial charge on any atom is -0.352 e. The van der Waals surface area contributed by atoms with Gasteiger partial charge in [-0.2, -0.15) is 0 Å². The number of aryl methyl sites for hydroxylation is 2. The third-order valence-electron chi connectivity index (χ3n) is 3.28. The molecule has 94 valence electrons. The van der Waals surface area contributed by atoms with Gasteiger partial charge in [0.1, 0.15) is 5.38 Å². The zero-order valence-electron chi connectivity index (χ0n) is 10.3. The number of carbonyl (C=O) groups is 1. The average Bonchev–Trinajstić information content (AvgIpc) is 2.87. The van der Waals surface area contributed by atoms with Crippen molar-refractivity contribution in [3.8, 4) is 0 Å². The molecule has 1 amide bonds. The van der Waals surface area contributed by atoms with Crippen molar-refractivity contribution in [1.29, 1.82) is 0 Å². The topological polar surface area (TPSA) is 29.1 Å². The zero-order valence-corrected chi connectivity index (χ0v) is 11.8. The average molecular weight is 272 g/mol. The van der Waals surface area contributed by atoms with Gasteiger partial charge >= 0.3 is 0 Å². The van der Waals surface area contributed by atoms with Crippen LogP contribution in [0.15, 0.2) is 6.07 Å². The lowest BCUT2D eigenvalue weighted by Crippen LogP contribution is -2.34. The summed E-state index contributed by atoms with van der Waals surface area (Å²) in [5.41, 5.74) is 0.963. The highest BCUT2D eigenvalue weighted by atomic mass is 35.5. The van der Waals surface area contributed by atoms with Crippen LogP contribution in [0.2, 0.25) is 0 Å². The van der Waals surface area contributed by atoms with Gasteiger partial charge in [-0.25, -0.2) is 0 Å². The number of amides is 1. The van der Waals surface area contributed by atoms with Crippen molar-refractivity contribution < 1.29 is 4.79 Å². The van der Waals surface area contributed by atoms with Crippen LogP contribution >= 0.6 is 22.9 Å². The highest BCUT2D eigenvalue weighted by Crippen LogP contribution is 2.31. The Bertz CT molecular complexity index is 410. The van der Waals surface area contributed by atoms with Gasteiger partial charge in [-0.05, 0) is 38.3 Å². The van der Waals surface area contributed by atoms with E-state index in [4.69, 9.17) is 11.6 Å². The number of alkyl halides is 1. The minimum atomic E-state index is -0.541. The fourth-order valence-corrected chi connectivity index (χ4v) is 3.71. The van der Waals surface area contributed by atoms with E-state index < -0.39 is 5.38 Å². The molecule has 17 heavy (non-hydrogen) atoms. The van der Waals surface area contributed by atoms with E-state index in [0.717, 1.165) is 23.3 Å². The van der Waals surface area contributed by atoms with E-state index in [9.17, 15) is 4.79 Å². The second-order valence-corrected chi connectivity index (χ2v) is 6.62. The summed E-state index contributed by atoms with van der Waals surface area (Å²) in [6.45, 7) is 4.06. The van der Waals surface area contributed by atoms with Gasteiger partial charge in [0.05, 0.1) is 0 Å². The molecule has 4 heteroatoms. The summed E-state index contributed by atoms with van der Waals surface area (Å²) >= 11 is 7.94. The van der Waals surface area contributed by atoms with Crippen LogP contribution in [0.4, 0.5) is 0 Å². The molecule has 0 aromatic carbocycles. The first kappa shape index (κ1) is 12.9. The number of halogens is 1. The van der Waals surface area contributed by atoms with Crippen LogP contribution in [0.25, 0.3) is 0 Å². The first-order valence-electron chi connectivity index (χ1n) is 6.09. The Kier molecular flexibility index (Phi) is 4.10. The third-order valence-corrected chi connectivity index (χ3v) is 4.70. The van der Waals surface area contributed by atoms with Crippen LogP contribution in [0, 0.1) is 13.8 Å². The number of carbonyl (C=O) groups excluding carboxylic acids is 1. The summed E-state index contributed by atoms with van der Waals surface area (Å²) < 4.78 is 0. The third kappa shape index (κ3) is 3.02. The summed E-state index contributed by atoms with van der Waals surface area (Å²) in [6, 6.07) is 2.36. The van der Waals surface area contributed by atoms with Gasteiger partial charge in [0.25, 0.3) is 0 Å². The normalized spacial score (nSPS) is 18.3. The van der Waals surface area contributed by atoms with Crippen molar-refractivity contribution in [1.82, 2.24) is 5.32 Å². The van der Waals surface area contributed by atoms with Gasteiger partial charge in [-0.1, -0.05) is 12.8 Å². The molecular formula is C13H18ClNOS. The van der Waals surface area contributed by atoms with Crippen LogP contribution < -0.4 is 5.32 Å². The molecule has 1 aromatic rings. The van der Waals surface area contributed by atoms with Crippen molar-refractivity contribution in [3.05, 3.63) is 21.4 Å². The number of thiophene rings is 1. The molecule has 1 atom stereocenters. The van der Waals surface area contributed by atoms with Crippen molar-refractivity contribution in [2.75, 3.05) is 0 Å². The Morgan fingerprint density at radius 3 is 2.65 bits per heavy atom. The van der Waals surface area contributed by atoms with Gasteiger partial charge in [0.2, 0.25) is 5.91 Å². The summed E-state index contributed by atoms with van der Waals surface area (Å²) in [6.07, 6.45) is 4.62. The molecule has 0 bridgehead atoms. The maximum Gasteiger partial charge on any atom is 0.242 e. The summed E-state index contributed by atoms with van der Waals surface area (Å²) in [7, 11) is 0. The molecule has 0 saturated heterocycles. The maximum absolute atomic E-state index is 12.0. The molecular weight excluding hydrogens is 254 g/mol. The lowest BCUT2D eigenvalue weighted by atomic mass is 10.1. The molecule has 1 aliphatic carbocycles. The van der Waals surface area contributed by atoms with Gasteiger partial charge in [0, 0.05) is 15.8 Å². The van der Waals surface area contributed by atoms with E-state index in [0.29, 0.717) is 6.04 Å². The van der Waals surface area contributed by atoms with E-state index in [-0.39, 0.29) is 5.91 Å². The SMILES string of the molecule is Cc1cc(C(Cl)C(=O)NC2CCCC2)c(C)s1. The number of hydrogen-bond donors (Lipinski definition) is 1. The second kappa shape index (κ2) is 5.40. The largest absolute Gasteiger partial charge is 0.352 e. The van der Waals surface area contributed by atoms with Crippen LogP contribution in [-0.2, 0) is 4.79 Å². The van der Waals surface area contributed by atoms with E-state index >= 15 is 0 Å². The predicted molar refractivity (Wildman–Crippen MR) is 72.8 cm³/mol. The Balaban J connectivity index is 2.01. The fraction of sp³-hybridized carbons (Fsp3) is 0.615. The van der Waals surface area contributed by atoms with Gasteiger partial charge in [-0.3, -0.25) is 4.79 Å². The maximum atomic E-state index is 12.0. The molecule has 0 radical (unpaired) electrons. The highest BCUT2D eigenvalue weighted by Gasteiger charge is 2.24.